The first-order chi connectivity index (χ1) is 6.96. The van der Waals surface area contributed by atoms with Crippen LogP contribution >= 0.6 is 11.8 Å². The van der Waals surface area contributed by atoms with Gasteiger partial charge in [-0.2, -0.15) is 13.2 Å². The van der Waals surface area contributed by atoms with Crippen LogP contribution in [-0.4, -0.2) is 18.9 Å². The summed E-state index contributed by atoms with van der Waals surface area (Å²) >= 11 is -0.270. The third-order valence-electron chi connectivity index (χ3n) is 1.55. The Labute approximate surface area is 88.4 Å². The maximum Gasteiger partial charge on any atom is 0.446 e. The molecule has 0 aliphatic rings. The Kier molecular flexibility index (Phi) is 3.62. The SMILES string of the molecule is COc1cc(C=O)ccc1SC(F)(F)F. The zero-order chi connectivity index (χ0) is 11.5. The largest absolute Gasteiger partial charge is 0.496 e. The van der Waals surface area contributed by atoms with Crippen molar-refractivity contribution in [3.05, 3.63) is 23.8 Å². The average molecular weight is 236 g/mol. The normalized spacial score (nSPS) is 11.2. The smallest absolute Gasteiger partial charge is 0.446 e. The van der Waals surface area contributed by atoms with Crippen molar-refractivity contribution in [2.45, 2.75) is 10.4 Å². The number of ether oxygens (including phenoxy) is 1. The Morgan fingerprint density at radius 3 is 2.53 bits per heavy atom. The highest BCUT2D eigenvalue weighted by Gasteiger charge is 2.30. The van der Waals surface area contributed by atoms with Crippen LogP contribution in [-0.2, 0) is 0 Å². The number of rotatable bonds is 3. The minimum atomic E-state index is -4.37. The van der Waals surface area contributed by atoms with Gasteiger partial charge in [0.15, 0.2) is 0 Å². The van der Waals surface area contributed by atoms with Crippen molar-refractivity contribution >= 4 is 18.0 Å². The Morgan fingerprint density at radius 1 is 1.40 bits per heavy atom. The fraction of sp³-hybridized carbons (Fsp3) is 0.222. The summed E-state index contributed by atoms with van der Waals surface area (Å²) < 4.78 is 41.0. The molecule has 1 aromatic carbocycles. The highest BCUT2D eigenvalue weighted by molar-refractivity contribution is 8.00. The lowest BCUT2D eigenvalue weighted by atomic mass is 10.2. The molecule has 0 atom stereocenters. The molecule has 0 aliphatic carbocycles. The number of hydrogen-bond donors (Lipinski definition) is 0. The van der Waals surface area contributed by atoms with Crippen LogP contribution in [0.25, 0.3) is 0 Å². The average Bonchev–Trinajstić information content (AvgIpc) is 2.16. The lowest BCUT2D eigenvalue weighted by molar-refractivity contribution is -0.0328. The molecular formula is C9H7F3O2S. The van der Waals surface area contributed by atoms with Crippen LogP contribution in [0.1, 0.15) is 10.4 Å². The maximum atomic E-state index is 12.1. The molecule has 2 nitrogen and oxygen atoms in total. The van der Waals surface area contributed by atoms with Gasteiger partial charge in [0.25, 0.3) is 0 Å². The van der Waals surface area contributed by atoms with E-state index in [4.69, 9.17) is 4.74 Å². The van der Waals surface area contributed by atoms with E-state index < -0.39 is 5.51 Å². The van der Waals surface area contributed by atoms with Gasteiger partial charge in [0.2, 0.25) is 0 Å². The van der Waals surface area contributed by atoms with E-state index in [0.29, 0.717) is 6.29 Å². The summed E-state index contributed by atoms with van der Waals surface area (Å²) in [5, 5.41) is 0. The summed E-state index contributed by atoms with van der Waals surface area (Å²) in [6.45, 7) is 0. The molecule has 0 saturated carbocycles. The molecule has 0 bridgehead atoms. The van der Waals surface area contributed by atoms with E-state index in [1.54, 1.807) is 0 Å². The summed E-state index contributed by atoms with van der Waals surface area (Å²) in [5.41, 5.74) is -4.09. The van der Waals surface area contributed by atoms with Gasteiger partial charge >= 0.3 is 5.51 Å². The molecule has 6 heteroatoms. The molecule has 0 aromatic heterocycles. The first-order valence-electron chi connectivity index (χ1n) is 3.85. The quantitative estimate of drug-likeness (QED) is 0.595. The molecule has 0 saturated heterocycles. The zero-order valence-corrected chi connectivity index (χ0v) is 8.48. The van der Waals surface area contributed by atoms with Gasteiger partial charge in [-0.15, -0.1) is 0 Å². The number of hydrogen-bond acceptors (Lipinski definition) is 3. The van der Waals surface area contributed by atoms with Gasteiger partial charge in [-0.05, 0) is 23.9 Å². The van der Waals surface area contributed by atoms with Crippen molar-refractivity contribution in [1.82, 2.24) is 0 Å². The predicted octanol–water partition coefficient (Wildman–Crippen LogP) is 3.12. The summed E-state index contributed by atoms with van der Waals surface area (Å²) in [5.74, 6) is 0.0434. The third kappa shape index (κ3) is 3.47. The van der Waals surface area contributed by atoms with Crippen LogP contribution in [0.3, 0.4) is 0 Å². The molecule has 1 aromatic rings. The fourth-order valence-electron chi connectivity index (χ4n) is 0.966. The lowest BCUT2D eigenvalue weighted by Gasteiger charge is -2.10. The standard InChI is InChI=1S/C9H7F3O2S/c1-14-7-4-6(5-13)2-3-8(7)15-9(10,11)12/h2-5H,1H3. The van der Waals surface area contributed by atoms with Gasteiger partial charge in [-0.1, -0.05) is 6.07 Å². The van der Waals surface area contributed by atoms with E-state index in [1.165, 1.54) is 25.3 Å². The summed E-state index contributed by atoms with van der Waals surface area (Å²) in [6.07, 6.45) is 0.546. The number of alkyl halides is 3. The highest BCUT2D eigenvalue weighted by atomic mass is 32.2. The molecule has 0 N–H and O–H groups in total. The van der Waals surface area contributed by atoms with E-state index in [0.717, 1.165) is 0 Å². The van der Waals surface area contributed by atoms with Crippen LogP contribution < -0.4 is 4.74 Å². The van der Waals surface area contributed by atoms with Crippen molar-refractivity contribution in [1.29, 1.82) is 0 Å². The number of halogens is 3. The second-order valence-corrected chi connectivity index (χ2v) is 3.68. The van der Waals surface area contributed by atoms with E-state index in [2.05, 4.69) is 0 Å². The van der Waals surface area contributed by atoms with E-state index >= 15 is 0 Å². The molecule has 0 aliphatic heterocycles. The zero-order valence-electron chi connectivity index (χ0n) is 7.67. The van der Waals surface area contributed by atoms with Crippen LogP contribution in [0.15, 0.2) is 23.1 Å². The predicted molar refractivity (Wildman–Crippen MR) is 50.3 cm³/mol. The monoisotopic (exact) mass is 236 g/mol. The number of methoxy groups -OCH3 is 1. The fourth-order valence-corrected chi connectivity index (χ4v) is 1.59. The molecule has 0 radical (unpaired) electrons. The molecule has 0 heterocycles. The van der Waals surface area contributed by atoms with Gasteiger partial charge in [0.05, 0.1) is 12.0 Å². The minimum absolute atomic E-state index is 0.0434. The second kappa shape index (κ2) is 4.57. The number of aldehydes is 1. The molecule has 0 spiro atoms. The van der Waals surface area contributed by atoms with E-state index in [1.807, 2.05) is 0 Å². The highest BCUT2D eigenvalue weighted by Crippen LogP contribution is 2.41. The van der Waals surface area contributed by atoms with Crippen molar-refractivity contribution < 1.29 is 22.7 Å². The molecule has 82 valence electrons. The van der Waals surface area contributed by atoms with Crippen molar-refractivity contribution in [2.24, 2.45) is 0 Å². The number of benzene rings is 1. The Balaban J connectivity index is 3.02. The summed E-state index contributed by atoms with van der Waals surface area (Å²) in [7, 11) is 1.25. The first kappa shape index (κ1) is 11.9. The van der Waals surface area contributed by atoms with Crippen LogP contribution in [0.4, 0.5) is 13.2 Å². The molecule has 0 unspecified atom stereocenters. The van der Waals surface area contributed by atoms with Crippen molar-refractivity contribution in [3.63, 3.8) is 0 Å². The van der Waals surface area contributed by atoms with Gasteiger partial charge in [-0.3, -0.25) is 4.79 Å². The van der Waals surface area contributed by atoms with Gasteiger partial charge in [-0.25, -0.2) is 0 Å². The lowest BCUT2D eigenvalue weighted by Crippen LogP contribution is -2.00. The van der Waals surface area contributed by atoms with Crippen molar-refractivity contribution in [2.75, 3.05) is 7.11 Å². The van der Waals surface area contributed by atoms with Gasteiger partial charge in [0, 0.05) is 5.56 Å². The Bertz CT molecular complexity index is 363. The maximum absolute atomic E-state index is 12.1. The number of carbonyl (C=O) groups excluding carboxylic acids is 1. The molecular weight excluding hydrogens is 229 g/mol. The first-order valence-corrected chi connectivity index (χ1v) is 4.67. The summed E-state index contributed by atoms with van der Waals surface area (Å²) in [4.78, 5) is 10.3. The topological polar surface area (TPSA) is 26.3 Å². The van der Waals surface area contributed by atoms with Crippen LogP contribution in [0.5, 0.6) is 5.75 Å². The van der Waals surface area contributed by atoms with Crippen molar-refractivity contribution in [3.8, 4) is 5.75 Å². The molecule has 0 fully saturated rings. The molecule has 0 amide bonds. The molecule has 1 rings (SSSR count). The van der Waals surface area contributed by atoms with Crippen LogP contribution in [0, 0.1) is 0 Å². The number of thioether (sulfide) groups is 1. The van der Waals surface area contributed by atoms with Gasteiger partial charge < -0.3 is 4.74 Å². The van der Waals surface area contributed by atoms with Crippen LogP contribution in [0.2, 0.25) is 0 Å². The Hall–Kier alpha value is -1.17. The van der Waals surface area contributed by atoms with E-state index in [9.17, 15) is 18.0 Å². The Morgan fingerprint density at radius 2 is 2.07 bits per heavy atom. The molecule has 15 heavy (non-hydrogen) atoms. The van der Waals surface area contributed by atoms with E-state index in [-0.39, 0.29) is 28.0 Å². The minimum Gasteiger partial charge on any atom is -0.496 e. The third-order valence-corrected chi connectivity index (χ3v) is 2.34. The number of carbonyl (C=O) groups is 1. The second-order valence-electron chi connectivity index (χ2n) is 2.58. The summed E-state index contributed by atoms with van der Waals surface area (Å²) in [6, 6.07) is 3.78. The van der Waals surface area contributed by atoms with Gasteiger partial charge in [0.1, 0.15) is 12.0 Å².